The molecule has 4 saturated carbocycles. The van der Waals surface area contributed by atoms with Crippen molar-refractivity contribution in [3.8, 4) is 0 Å². The molecule has 0 aromatic rings. The second kappa shape index (κ2) is 4.96. The van der Waals surface area contributed by atoms with Crippen LogP contribution in [0.1, 0.15) is 45.4 Å². The molecule has 0 radical (unpaired) electrons. The Morgan fingerprint density at radius 1 is 1.05 bits per heavy atom. The van der Waals surface area contributed by atoms with E-state index in [4.69, 9.17) is 4.74 Å². The highest BCUT2D eigenvalue weighted by atomic mass is 16.5. The van der Waals surface area contributed by atoms with Gasteiger partial charge < -0.3 is 9.84 Å². The maximum absolute atomic E-state index is 9.40. The first-order valence-corrected chi connectivity index (χ1v) is 8.63. The molecule has 5 aliphatic rings. The smallest absolute Gasteiger partial charge is 0.0936 e. The third-order valence-corrected chi connectivity index (χ3v) is 6.33. The summed E-state index contributed by atoms with van der Waals surface area (Å²) >= 11 is 0. The Bertz CT molecular complexity index is 335. The Morgan fingerprint density at radius 3 is 2.20 bits per heavy atom. The number of morpholine rings is 1. The lowest BCUT2D eigenvalue weighted by molar-refractivity contribution is -0.123. The molecule has 1 N–H and O–H groups in total. The van der Waals surface area contributed by atoms with Crippen LogP contribution < -0.4 is 0 Å². The van der Waals surface area contributed by atoms with Gasteiger partial charge in [0.1, 0.15) is 0 Å². The monoisotopic (exact) mass is 279 g/mol. The minimum absolute atomic E-state index is 0.0349. The van der Waals surface area contributed by atoms with Crippen LogP contribution >= 0.6 is 0 Å². The fourth-order valence-electron chi connectivity index (χ4n) is 6.33. The first-order valence-electron chi connectivity index (χ1n) is 8.63. The van der Waals surface area contributed by atoms with Crippen LogP contribution in [-0.4, -0.2) is 48.5 Å². The van der Waals surface area contributed by atoms with Gasteiger partial charge in [0.15, 0.2) is 0 Å². The molecule has 1 aliphatic heterocycles. The van der Waals surface area contributed by atoms with Gasteiger partial charge in [-0.25, -0.2) is 0 Å². The summed E-state index contributed by atoms with van der Waals surface area (Å²) in [7, 11) is 0. The Morgan fingerprint density at radius 2 is 1.65 bits per heavy atom. The molecule has 3 heteroatoms. The summed E-state index contributed by atoms with van der Waals surface area (Å²) in [6.07, 6.45) is 9.33. The van der Waals surface area contributed by atoms with Crippen LogP contribution in [-0.2, 0) is 4.74 Å². The van der Waals surface area contributed by atoms with Crippen molar-refractivity contribution < 1.29 is 9.84 Å². The molecular weight excluding hydrogens is 250 g/mol. The van der Waals surface area contributed by atoms with E-state index in [-0.39, 0.29) is 18.8 Å². The van der Waals surface area contributed by atoms with Gasteiger partial charge in [0.2, 0.25) is 0 Å². The molecule has 5 fully saturated rings. The van der Waals surface area contributed by atoms with Crippen LogP contribution in [0, 0.1) is 23.2 Å². The number of rotatable bonds is 3. The fraction of sp³-hybridized carbons (Fsp3) is 1.00. The van der Waals surface area contributed by atoms with Gasteiger partial charge in [-0.2, -0.15) is 0 Å². The van der Waals surface area contributed by atoms with E-state index in [2.05, 4.69) is 11.8 Å². The standard InChI is InChI=1S/C17H29NO2/c1-12-8-18(9-16(10-19)20-12)11-17-5-13-2-14(6-17)4-15(3-13)7-17/h12-16,19H,2-11H2,1H3. The molecule has 0 aromatic heterocycles. The summed E-state index contributed by atoms with van der Waals surface area (Å²) < 4.78 is 5.79. The maximum Gasteiger partial charge on any atom is 0.0936 e. The average molecular weight is 279 g/mol. The lowest BCUT2D eigenvalue weighted by Gasteiger charge is -2.58. The van der Waals surface area contributed by atoms with Gasteiger partial charge in [0.25, 0.3) is 0 Å². The number of nitrogens with zero attached hydrogens (tertiary/aromatic N) is 1. The van der Waals surface area contributed by atoms with Gasteiger partial charge in [0, 0.05) is 19.6 Å². The lowest BCUT2D eigenvalue weighted by atomic mass is 9.49. The minimum Gasteiger partial charge on any atom is -0.394 e. The van der Waals surface area contributed by atoms with Crippen molar-refractivity contribution in [2.45, 2.75) is 57.7 Å². The van der Waals surface area contributed by atoms with Crippen molar-refractivity contribution in [3.05, 3.63) is 0 Å². The lowest BCUT2D eigenvalue weighted by Crippen LogP contribution is -2.55. The van der Waals surface area contributed by atoms with Crippen molar-refractivity contribution in [2.75, 3.05) is 26.2 Å². The van der Waals surface area contributed by atoms with E-state index >= 15 is 0 Å². The van der Waals surface area contributed by atoms with E-state index in [0.717, 1.165) is 30.8 Å². The molecule has 114 valence electrons. The maximum atomic E-state index is 9.40. The molecule has 5 rings (SSSR count). The molecule has 4 bridgehead atoms. The number of hydrogen-bond donors (Lipinski definition) is 1. The Labute approximate surface area is 122 Å². The van der Waals surface area contributed by atoms with E-state index in [1.807, 2.05) is 0 Å². The molecule has 1 saturated heterocycles. The second-order valence-corrected chi connectivity index (χ2v) is 8.36. The molecule has 1 heterocycles. The largest absolute Gasteiger partial charge is 0.394 e. The molecule has 20 heavy (non-hydrogen) atoms. The molecule has 0 aromatic carbocycles. The Hall–Kier alpha value is -0.120. The Balaban J connectivity index is 1.45. The number of hydrogen-bond acceptors (Lipinski definition) is 3. The van der Waals surface area contributed by atoms with Crippen molar-refractivity contribution in [1.29, 1.82) is 0 Å². The minimum atomic E-state index is 0.0349. The van der Waals surface area contributed by atoms with Crippen molar-refractivity contribution in [2.24, 2.45) is 23.2 Å². The van der Waals surface area contributed by atoms with Crippen molar-refractivity contribution in [3.63, 3.8) is 0 Å². The summed E-state index contributed by atoms with van der Waals surface area (Å²) in [5.74, 6) is 3.11. The fourth-order valence-corrected chi connectivity index (χ4v) is 6.33. The highest BCUT2D eigenvalue weighted by Gasteiger charge is 2.51. The summed E-state index contributed by atoms with van der Waals surface area (Å²) in [5.41, 5.74) is 0.617. The first-order chi connectivity index (χ1) is 9.64. The molecule has 0 spiro atoms. The summed E-state index contributed by atoms with van der Waals surface area (Å²) in [5, 5.41) is 9.40. The van der Waals surface area contributed by atoms with Gasteiger partial charge in [-0.05, 0) is 68.6 Å². The van der Waals surface area contributed by atoms with Gasteiger partial charge in [-0.1, -0.05) is 0 Å². The van der Waals surface area contributed by atoms with Crippen LogP contribution in [0.5, 0.6) is 0 Å². The SMILES string of the molecule is CC1CN(CC23CC4CC(CC(C4)C2)C3)CC(CO)O1. The van der Waals surface area contributed by atoms with Gasteiger partial charge >= 0.3 is 0 Å². The van der Waals surface area contributed by atoms with E-state index in [9.17, 15) is 5.11 Å². The van der Waals surface area contributed by atoms with Gasteiger partial charge in [-0.3, -0.25) is 4.90 Å². The molecule has 3 nitrogen and oxygen atoms in total. The summed E-state index contributed by atoms with van der Waals surface area (Å²) in [4.78, 5) is 2.60. The Kier molecular flexibility index (Phi) is 3.36. The molecule has 2 unspecified atom stereocenters. The number of ether oxygens (including phenoxy) is 1. The summed E-state index contributed by atoms with van der Waals surface area (Å²) in [6.45, 7) is 5.57. The zero-order valence-corrected chi connectivity index (χ0v) is 12.8. The predicted octanol–water partition coefficient (Wildman–Crippen LogP) is 2.28. The van der Waals surface area contributed by atoms with Gasteiger partial charge in [0.05, 0.1) is 18.8 Å². The zero-order chi connectivity index (χ0) is 13.7. The molecule has 4 aliphatic carbocycles. The van der Waals surface area contributed by atoms with E-state index in [1.54, 1.807) is 0 Å². The third-order valence-electron chi connectivity index (χ3n) is 6.33. The van der Waals surface area contributed by atoms with Crippen LogP contribution in [0.2, 0.25) is 0 Å². The van der Waals surface area contributed by atoms with E-state index in [1.165, 1.54) is 45.1 Å². The average Bonchev–Trinajstić information content (AvgIpc) is 2.35. The third kappa shape index (κ3) is 2.42. The highest BCUT2D eigenvalue weighted by molar-refractivity contribution is 5.03. The number of aliphatic hydroxyl groups is 1. The van der Waals surface area contributed by atoms with Crippen molar-refractivity contribution >= 4 is 0 Å². The van der Waals surface area contributed by atoms with E-state index in [0.29, 0.717) is 5.41 Å². The first kappa shape index (κ1) is 13.5. The zero-order valence-electron chi connectivity index (χ0n) is 12.8. The van der Waals surface area contributed by atoms with Crippen LogP contribution in [0.4, 0.5) is 0 Å². The van der Waals surface area contributed by atoms with Crippen LogP contribution in [0.25, 0.3) is 0 Å². The summed E-state index contributed by atoms with van der Waals surface area (Å²) in [6, 6.07) is 0. The van der Waals surface area contributed by atoms with Crippen molar-refractivity contribution in [1.82, 2.24) is 4.90 Å². The molecule has 0 amide bonds. The van der Waals surface area contributed by atoms with E-state index < -0.39 is 0 Å². The second-order valence-electron chi connectivity index (χ2n) is 8.36. The quantitative estimate of drug-likeness (QED) is 0.860. The predicted molar refractivity (Wildman–Crippen MR) is 78.5 cm³/mol. The molecular formula is C17H29NO2. The van der Waals surface area contributed by atoms with Crippen LogP contribution in [0.15, 0.2) is 0 Å². The topological polar surface area (TPSA) is 32.7 Å². The number of aliphatic hydroxyl groups excluding tert-OH is 1. The highest BCUT2D eigenvalue weighted by Crippen LogP contribution is 2.60. The normalized spacial score (nSPS) is 51.6. The van der Waals surface area contributed by atoms with Crippen LogP contribution in [0.3, 0.4) is 0 Å². The van der Waals surface area contributed by atoms with Gasteiger partial charge in [-0.15, -0.1) is 0 Å². The molecule has 2 atom stereocenters.